The third-order valence-corrected chi connectivity index (χ3v) is 3.61. The van der Waals surface area contributed by atoms with E-state index in [4.69, 9.17) is 0 Å². The third kappa shape index (κ3) is 3.06. The number of hydrogen-bond acceptors (Lipinski definition) is 3. The summed E-state index contributed by atoms with van der Waals surface area (Å²) in [6.45, 7) is 6.64. The van der Waals surface area contributed by atoms with Crippen molar-refractivity contribution in [3.8, 4) is 0 Å². The van der Waals surface area contributed by atoms with Crippen LogP contribution in [0, 0.1) is 11.8 Å². The van der Waals surface area contributed by atoms with E-state index in [-0.39, 0.29) is 11.4 Å². The number of rotatable bonds is 2. The van der Waals surface area contributed by atoms with E-state index in [1.807, 2.05) is 0 Å². The number of nitrogens with zero attached hydrogens (tertiary/aromatic N) is 2. The van der Waals surface area contributed by atoms with Gasteiger partial charge in [0.2, 0.25) is 0 Å². The van der Waals surface area contributed by atoms with Crippen molar-refractivity contribution in [3.05, 3.63) is 24.3 Å². The highest BCUT2D eigenvalue weighted by Gasteiger charge is 2.35. The van der Waals surface area contributed by atoms with Crippen LogP contribution in [0.2, 0.25) is 0 Å². The van der Waals surface area contributed by atoms with Gasteiger partial charge >= 0.3 is 0 Å². The zero-order valence-corrected chi connectivity index (χ0v) is 11.3. The van der Waals surface area contributed by atoms with E-state index in [1.54, 1.807) is 12.4 Å². The zero-order chi connectivity index (χ0) is 13.2. The van der Waals surface area contributed by atoms with Gasteiger partial charge in [-0.1, -0.05) is 13.8 Å². The summed E-state index contributed by atoms with van der Waals surface area (Å²) in [5.41, 5.74) is 0.274. The monoisotopic (exact) mass is 247 g/mol. The molecule has 2 atom stereocenters. The highest BCUT2D eigenvalue weighted by molar-refractivity contribution is 5.92. The van der Waals surface area contributed by atoms with Crippen LogP contribution in [0.3, 0.4) is 0 Å². The molecule has 1 aliphatic carbocycles. The van der Waals surface area contributed by atoms with Gasteiger partial charge in [0.15, 0.2) is 0 Å². The molecule has 2 unspecified atom stereocenters. The number of nitrogens with one attached hydrogen (secondary N) is 1. The van der Waals surface area contributed by atoms with Crippen LogP contribution >= 0.6 is 0 Å². The SMILES string of the molecule is CC1CC(C)CC(C)(NC(=O)c2cnccn2)C1. The van der Waals surface area contributed by atoms with E-state index in [0.29, 0.717) is 17.5 Å². The predicted molar refractivity (Wildman–Crippen MR) is 70.1 cm³/mol. The molecule has 1 heterocycles. The Balaban J connectivity index is 2.06. The molecular weight excluding hydrogens is 226 g/mol. The van der Waals surface area contributed by atoms with Gasteiger partial charge in [-0.05, 0) is 38.0 Å². The summed E-state index contributed by atoms with van der Waals surface area (Å²) in [6, 6.07) is 0. The van der Waals surface area contributed by atoms with Crippen LogP contribution in [0.1, 0.15) is 50.5 Å². The van der Waals surface area contributed by atoms with Crippen LogP contribution in [0.25, 0.3) is 0 Å². The molecule has 0 bridgehead atoms. The Bertz CT molecular complexity index is 408. The first-order valence-corrected chi connectivity index (χ1v) is 6.57. The fourth-order valence-corrected chi connectivity index (χ4v) is 3.33. The molecule has 1 aromatic rings. The first kappa shape index (κ1) is 13.0. The van der Waals surface area contributed by atoms with E-state index in [9.17, 15) is 4.79 Å². The van der Waals surface area contributed by atoms with Crippen molar-refractivity contribution in [1.82, 2.24) is 15.3 Å². The Morgan fingerprint density at radius 2 is 2.00 bits per heavy atom. The highest BCUT2D eigenvalue weighted by atomic mass is 16.2. The smallest absolute Gasteiger partial charge is 0.271 e. The summed E-state index contributed by atoms with van der Waals surface area (Å²) in [7, 11) is 0. The standard InChI is InChI=1S/C14H21N3O/c1-10-6-11(2)8-14(3,7-10)17-13(18)12-9-15-4-5-16-12/h4-5,9-11H,6-8H2,1-3H3,(H,17,18). The second kappa shape index (κ2) is 5.04. The summed E-state index contributed by atoms with van der Waals surface area (Å²) in [6.07, 6.45) is 7.93. The number of carbonyl (C=O) groups excluding carboxylic acids is 1. The zero-order valence-electron chi connectivity index (χ0n) is 11.3. The topological polar surface area (TPSA) is 54.9 Å². The van der Waals surface area contributed by atoms with Gasteiger partial charge in [-0.2, -0.15) is 0 Å². The summed E-state index contributed by atoms with van der Waals surface area (Å²) < 4.78 is 0. The lowest BCUT2D eigenvalue weighted by molar-refractivity contribution is 0.0826. The molecule has 1 fully saturated rings. The van der Waals surface area contributed by atoms with Crippen molar-refractivity contribution >= 4 is 5.91 Å². The van der Waals surface area contributed by atoms with Gasteiger partial charge in [-0.3, -0.25) is 9.78 Å². The van der Waals surface area contributed by atoms with E-state index in [2.05, 4.69) is 36.1 Å². The normalized spacial score (nSPS) is 31.9. The maximum atomic E-state index is 12.1. The van der Waals surface area contributed by atoms with Crippen molar-refractivity contribution in [2.75, 3.05) is 0 Å². The van der Waals surface area contributed by atoms with Crippen molar-refractivity contribution in [3.63, 3.8) is 0 Å². The predicted octanol–water partition coefficient (Wildman–Crippen LogP) is 2.42. The van der Waals surface area contributed by atoms with Crippen molar-refractivity contribution in [2.24, 2.45) is 11.8 Å². The molecule has 1 aromatic heterocycles. The van der Waals surface area contributed by atoms with Crippen molar-refractivity contribution in [2.45, 2.75) is 45.6 Å². The van der Waals surface area contributed by atoms with Crippen molar-refractivity contribution in [1.29, 1.82) is 0 Å². The first-order chi connectivity index (χ1) is 8.48. The lowest BCUT2D eigenvalue weighted by Crippen LogP contribution is -2.50. The molecule has 1 saturated carbocycles. The highest BCUT2D eigenvalue weighted by Crippen LogP contribution is 2.35. The molecule has 1 N–H and O–H groups in total. The van der Waals surface area contributed by atoms with Crippen LogP contribution in [0.4, 0.5) is 0 Å². The first-order valence-electron chi connectivity index (χ1n) is 6.57. The average molecular weight is 247 g/mol. The Labute approximate surface area is 108 Å². The minimum absolute atomic E-state index is 0.119. The van der Waals surface area contributed by atoms with E-state index in [1.165, 1.54) is 12.6 Å². The van der Waals surface area contributed by atoms with Gasteiger partial charge in [0.25, 0.3) is 5.91 Å². The minimum Gasteiger partial charge on any atom is -0.345 e. The fourth-order valence-electron chi connectivity index (χ4n) is 3.33. The minimum atomic E-state index is -0.119. The van der Waals surface area contributed by atoms with Gasteiger partial charge in [0.1, 0.15) is 5.69 Å². The van der Waals surface area contributed by atoms with Gasteiger partial charge < -0.3 is 5.32 Å². The van der Waals surface area contributed by atoms with Crippen LogP contribution in [-0.2, 0) is 0 Å². The molecular formula is C14H21N3O. The largest absolute Gasteiger partial charge is 0.345 e. The molecule has 1 amide bonds. The van der Waals surface area contributed by atoms with Crippen molar-refractivity contribution < 1.29 is 4.79 Å². The molecule has 0 aliphatic heterocycles. The molecule has 4 nitrogen and oxygen atoms in total. The average Bonchev–Trinajstić information content (AvgIpc) is 2.27. The lowest BCUT2D eigenvalue weighted by Gasteiger charge is -2.40. The number of carbonyl (C=O) groups is 1. The van der Waals surface area contributed by atoms with Crippen LogP contribution in [-0.4, -0.2) is 21.4 Å². The molecule has 98 valence electrons. The summed E-state index contributed by atoms with van der Waals surface area (Å²) >= 11 is 0. The molecule has 0 aromatic carbocycles. The summed E-state index contributed by atoms with van der Waals surface area (Å²) in [4.78, 5) is 20.1. The molecule has 4 heteroatoms. The molecule has 0 spiro atoms. The van der Waals surface area contributed by atoms with Crippen LogP contribution in [0.15, 0.2) is 18.6 Å². The van der Waals surface area contributed by atoms with Crippen LogP contribution < -0.4 is 5.32 Å². The quantitative estimate of drug-likeness (QED) is 0.873. The van der Waals surface area contributed by atoms with Gasteiger partial charge in [0, 0.05) is 17.9 Å². The third-order valence-electron chi connectivity index (χ3n) is 3.61. The Morgan fingerprint density at radius 1 is 1.33 bits per heavy atom. The van der Waals surface area contributed by atoms with Crippen LogP contribution in [0.5, 0.6) is 0 Å². The lowest BCUT2D eigenvalue weighted by atomic mass is 9.72. The summed E-state index contributed by atoms with van der Waals surface area (Å²) in [5.74, 6) is 1.19. The maximum Gasteiger partial charge on any atom is 0.271 e. The van der Waals surface area contributed by atoms with E-state index in [0.717, 1.165) is 12.8 Å². The number of aromatic nitrogens is 2. The Morgan fingerprint density at radius 3 is 2.56 bits per heavy atom. The maximum absolute atomic E-state index is 12.1. The molecule has 2 rings (SSSR count). The molecule has 0 saturated heterocycles. The van der Waals surface area contributed by atoms with E-state index < -0.39 is 0 Å². The Kier molecular flexibility index (Phi) is 3.64. The number of amides is 1. The number of hydrogen-bond donors (Lipinski definition) is 1. The van der Waals surface area contributed by atoms with Gasteiger partial charge in [0.05, 0.1) is 6.20 Å². The second-order valence-corrected chi connectivity index (χ2v) is 5.96. The molecule has 0 radical (unpaired) electrons. The van der Waals surface area contributed by atoms with Gasteiger partial charge in [-0.15, -0.1) is 0 Å². The summed E-state index contributed by atoms with van der Waals surface area (Å²) in [5, 5.41) is 3.13. The van der Waals surface area contributed by atoms with E-state index >= 15 is 0 Å². The fraction of sp³-hybridized carbons (Fsp3) is 0.643. The second-order valence-electron chi connectivity index (χ2n) is 5.96. The molecule has 18 heavy (non-hydrogen) atoms. The molecule has 1 aliphatic rings. The van der Waals surface area contributed by atoms with Gasteiger partial charge in [-0.25, -0.2) is 4.98 Å². The Hall–Kier alpha value is -1.45.